The van der Waals surface area contributed by atoms with Crippen LogP contribution in [0.3, 0.4) is 0 Å². The summed E-state index contributed by atoms with van der Waals surface area (Å²) in [5.41, 5.74) is 0.0470. The fraction of sp³-hybridized carbons (Fsp3) is 0.500. The molecule has 2 atom stereocenters. The van der Waals surface area contributed by atoms with Gasteiger partial charge in [-0.1, -0.05) is 6.92 Å². The van der Waals surface area contributed by atoms with E-state index in [1.807, 2.05) is 0 Å². The van der Waals surface area contributed by atoms with Crippen LogP contribution < -0.4 is 5.32 Å². The van der Waals surface area contributed by atoms with Crippen molar-refractivity contribution in [3.05, 3.63) is 28.4 Å². The smallest absolute Gasteiger partial charge is 0.311 e. The summed E-state index contributed by atoms with van der Waals surface area (Å²) in [6, 6.07) is 3.04. The van der Waals surface area contributed by atoms with Gasteiger partial charge in [0.25, 0.3) is 0 Å². The van der Waals surface area contributed by atoms with E-state index >= 15 is 0 Å². The highest BCUT2D eigenvalue weighted by Gasteiger charge is 2.32. The Balaban J connectivity index is 2.03. The first-order chi connectivity index (χ1) is 7.18. The molecule has 0 aliphatic heterocycles. The van der Waals surface area contributed by atoms with Gasteiger partial charge in [-0.25, -0.2) is 4.98 Å². The van der Waals surface area contributed by atoms with Crippen molar-refractivity contribution in [1.82, 2.24) is 4.98 Å². The van der Waals surface area contributed by atoms with Crippen LogP contribution in [0.5, 0.6) is 0 Å². The van der Waals surface area contributed by atoms with Gasteiger partial charge in [0.05, 0.1) is 4.92 Å². The highest BCUT2D eigenvalue weighted by molar-refractivity contribution is 5.55. The first-order valence-electron chi connectivity index (χ1n) is 5.01. The van der Waals surface area contributed by atoms with Crippen molar-refractivity contribution in [3.8, 4) is 0 Å². The zero-order valence-corrected chi connectivity index (χ0v) is 8.51. The van der Waals surface area contributed by atoms with E-state index in [1.54, 1.807) is 12.3 Å². The summed E-state index contributed by atoms with van der Waals surface area (Å²) < 4.78 is 0. The second kappa shape index (κ2) is 3.84. The molecule has 0 spiro atoms. The van der Waals surface area contributed by atoms with Gasteiger partial charge in [-0.05, 0) is 24.3 Å². The molecule has 5 nitrogen and oxygen atoms in total. The van der Waals surface area contributed by atoms with Crippen LogP contribution in [0.25, 0.3) is 0 Å². The lowest BCUT2D eigenvalue weighted by atomic mass is 10.3. The number of aromatic nitrogens is 1. The molecular weight excluding hydrogens is 194 g/mol. The average Bonchev–Trinajstić information content (AvgIpc) is 2.92. The third-order valence-corrected chi connectivity index (χ3v) is 2.79. The van der Waals surface area contributed by atoms with Gasteiger partial charge in [-0.3, -0.25) is 10.1 Å². The van der Waals surface area contributed by atoms with Gasteiger partial charge in [0.15, 0.2) is 0 Å². The van der Waals surface area contributed by atoms with E-state index in [0.29, 0.717) is 11.7 Å². The van der Waals surface area contributed by atoms with Gasteiger partial charge in [0, 0.05) is 18.8 Å². The number of nitro groups is 1. The van der Waals surface area contributed by atoms with Crippen LogP contribution in [0, 0.1) is 22.0 Å². The quantitative estimate of drug-likeness (QED) is 0.606. The summed E-state index contributed by atoms with van der Waals surface area (Å²) in [5, 5.41) is 13.7. The molecule has 0 bridgehead atoms. The fourth-order valence-corrected chi connectivity index (χ4v) is 1.59. The minimum Gasteiger partial charge on any atom is -0.364 e. The maximum Gasteiger partial charge on any atom is 0.311 e. The van der Waals surface area contributed by atoms with Crippen LogP contribution in [-0.4, -0.2) is 16.5 Å². The van der Waals surface area contributed by atoms with Crippen molar-refractivity contribution in [3.63, 3.8) is 0 Å². The predicted octanol–water partition coefficient (Wildman–Crippen LogP) is 2.06. The predicted molar refractivity (Wildman–Crippen MR) is 56.7 cm³/mol. The third kappa shape index (κ3) is 2.23. The normalized spacial score (nSPS) is 23.5. The van der Waals surface area contributed by atoms with Crippen LogP contribution in [0.2, 0.25) is 0 Å². The van der Waals surface area contributed by atoms with Gasteiger partial charge < -0.3 is 5.32 Å². The van der Waals surface area contributed by atoms with Crippen LogP contribution in [0.4, 0.5) is 11.5 Å². The lowest BCUT2D eigenvalue weighted by Gasteiger charge is -2.04. The molecule has 1 aliphatic rings. The molecule has 1 aromatic heterocycles. The lowest BCUT2D eigenvalue weighted by Crippen LogP contribution is -2.08. The summed E-state index contributed by atoms with van der Waals surface area (Å²) >= 11 is 0. The van der Waals surface area contributed by atoms with Crippen molar-refractivity contribution in [2.24, 2.45) is 11.8 Å². The summed E-state index contributed by atoms with van der Waals surface area (Å²) in [4.78, 5) is 14.2. The number of anilines is 1. The van der Waals surface area contributed by atoms with Gasteiger partial charge in [-0.15, -0.1) is 0 Å². The van der Waals surface area contributed by atoms with Gasteiger partial charge >= 0.3 is 5.69 Å². The Morgan fingerprint density at radius 2 is 2.47 bits per heavy atom. The Hall–Kier alpha value is -1.65. The van der Waals surface area contributed by atoms with Crippen LogP contribution in [-0.2, 0) is 0 Å². The Morgan fingerprint density at radius 3 is 3.07 bits per heavy atom. The van der Waals surface area contributed by atoms with Crippen molar-refractivity contribution in [2.45, 2.75) is 13.3 Å². The van der Waals surface area contributed by atoms with Crippen LogP contribution in [0.1, 0.15) is 13.3 Å². The molecule has 2 rings (SSSR count). The molecule has 80 valence electrons. The second-order valence-corrected chi connectivity index (χ2v) is 3.98. The van der Waals surface area contributed by atoms with Crippen LogP contribution >= 0.6 is 0 Å². The highest BCUT2D eigenvalue weighted by atomic mass is 16.6. The first-order valence-corrected chi connectivity index (χ1v) is 5.01. The van der Waals surface area contributed by atoms with Gasteiger partial charge in [0.2, 0.25) is 5.82 Å². The van der Waals surface area contributed by atoms with E-state index in [2.05, 4.69) is 17.2 Å². The van der Waals surface area contributed by atoms with Crippen LogP contribution in [0.15, 0.2) is 18.3 Å². The Kier molecular flexibility index (Phi) is 2.53. The number of hydrogen-bond acceptors (Lipinski definition) is 4. The second-order valence-electron chi connectivity index (χ2n) is 3.98. The molecule has 2 unspecified atom stereocenters. The van der Waals surface area contributed by atoms with Crippen molar-refractivity contribution in [1.29, 1.82) is 0 Å². The van der Waals surface area contributed by atoms with E-state index in [0.717, 1.165) is 12.5 Å². The molecule has 0 saturated heterocycles. The first kappa shape index (κ1) is 9.89. The zero-order chi connectivity index (χ0) is 10.8. The summed E-state index contributed by atoms with van der Waals surface area (Å²) in [5.74, 6) is 1.76. The lowest BCUT2D eigenvalue weighted by molar-refractivity contribution is -0.384. The zero-order valence-electron chi connectivity index (χ0n) is 8.51. The van der Waals surface area contributed by atoms with Gasteiger partial charge in [0.1, 0.15) is 0 Å². The Bertz CT molecular complexity index is 381. The van der Waals surface area contributed by atoms with E-state index in [4.69, 9.17) is 0 Å². The number of pyridine rings is 1. The molecule has 15 heavy (non-hydrogen) atoms. The molecule has 1 aliphatic carbocycles. The summed E-state index contributed by atoms with van der Waals surface area (Å²) in [6.07, 6.45) is 2.76. The minimum atomic E-state index is -0.411. The number of nitrogens with one attached hydrogen (secondary N) is 1. The summed E-state index contributed by atoms with van der Waals surface area (Å²) in [7, 11) is 0. The maximum atomic E-state index is 10.7. The standard InChI is InChI=1S/C10H13N3O2/c1-7-5-8(7)6-12-10-9(13(14)15)3-2-4-11-10/h2-4,7-8H,5-6H2,1H3,(H,11,12). The third-order valence-electron chi connectivity index (χ3n) is 2.79. The maximum absolute atomic E-state index is 10.7. The molecule has 1 N–H and O–H groups in total. The Labute approximate surface area is 87.7 Å². The molecule has 1 aromatic rings. The van der Waals surface area contributed by atoms with E-state index in [9.17, 15) is 10.1 Å². The molecule has 1 fully saturated rings. The Morgan fingerprint density at radius 1 is 1.73 bits per heavy atom. The molecule has 0 radical (unpaired) electrons. The molecule has 1 heterocycles. The topological polar surface area (TPSA) is 68.1 Å². The highest BCUT2D eigenvalue weighted by Crippen LogP contribution is 2.37. The molecule has 0 amide bonds. The van der Waals surface area contributed by atoms with Gasteiger partial charge in [-0.2, -0.15) is 0 Å². The van der Waals surface area contributed by atoms with E-state index in [-0.39, 0.29) is 5.69 Å². The van der Waals surface area contributed by atoms with Crippen molar-refractivity contribution >= 4 is 11.5 Å². The molecule has 0 aromatic carbocycles. The number of rotatable bonds is 4. The number of hydrogen-bond donors (Lipinski definition) is 1. The largest absolute Gasteiger partial charge is 0.364 e. The molecule has 5 heteroatoms. The molecule has 1 saturated carbocycles. The van der Waals surface area contributed by atoms with Crippen molar-refractivity contribution < 1.29 is 4.92 Å². The fourth-order valence-electron chi connectivity index (χ4n) is 1.59. The van der Waals surface area contributed by atoms with Crippen molar-refractivity contribution in [2.75, 3.05) is 11.9 Å². The summed E-state index contributed by atoms with van der Waals surface area (Å²) in [6.45, 7) is 2.96. The van der Waals surface area contributed by atoms with E-state index < -0.39 is 4.92 Å². The monoisotopic (exact) mass is 207 g/mol. The molecular formula is C10H13N3O2. The van der Waals surface area contributed by atoms with E-state index in [1.165, 1.54) is 12.5 Å². The number of nitrogens with zero attached hydrogens (tertiary/aromatic N) is 2. The SMILES string of the molecule is CC1CC1CNc1ncccc1[N+](=O)[O-]. The average molecular weight is 207 g/mol. The minimum absolute atomic E-state index is 0.0470.